The fraction of sp³-hybridized carbons (Fsp3) is 0.583. The zero-order chi connectivity index (χ0) is 20.9. The number of likely N-dealkylation sites (tertiary alicyclic amines) is 2. The van der Waals surface area contributed by atoms with Crippen LogP contribution in [0.4, 0.5) is 0 Å². The normalized spacial score (nSPS) is 29.9. The molecule has 2 aromatic rings. The van der Waals surface area contributed by atoms with E-state index < -0.39 is 5.54 Å². The van der Waals surface area contributed by atoms with Crippen LogP contribution in [0.25, 0.3) is 11.0 Å². The number of carbonyl (C=O) groups excluding carboxylic acids is 2. The summed E-state index contributed by atoms with van der Waals surface area (Å²) in [7, 11) is 0. The maximum Gasteiger partial charge on any atom is 0.290 e. The van der Waals surface area contributed by atoms with Crippen molar-refractivity contribution in [3.63, 3.8) is 0 Å². The van der Waals surface area contributed by atoms with E-state index in [0.717, 1.165) is 74.4 Å². The molecule has 1 aliphatic carbocycles. The molecular formula is C24H30N2O4. The second kappa shape index (κ2) is 7.41. The van der Waals surface area contributed by atoms with Gasteiger partial charge in [-0.05, 0) is 69.9 Å². The van der Waals surface area contributed by atoms with Gasteiger partial charge in [0.1, 0.15) is 11.1 Å². The molecule has 1 atom stereocenters. The van der Waals surface area contributed by atoms with Gasteiger partial charge in [-0.25, -0.2) is 0 Å². The zero-order valence-corrected chi connectivity index (χ0v) is 17.6. The summed E-state index contributed by atoms with van der Waals surface area (Å²) < 4.78 is 5.95. The van der Waals surface area contributed by atoms with Gasteiger partial charge in [0, 0.05) is 24.5 Å². The number of benzene rings is 1. The second-order valence-electron chi connectivity index (χ2n) is 9.26. The molecule has 2 aliphatic heterocycles. The molecule has 1 N–H and O–H groups in total. The molecule has 0 bridgehead atoms. The highest BCUT2D eigenvalue weighted by Crippen LogP contribution is 2.41. The van der Waals surface area contributed by atoms with Gasteiger partial charge < -0.3 is 19.3 Å². The number of carbonyl (C=O) groups is 2. The molecule has 30 heavy (non-hydrogen) atoms. The van der Waals surface area contributed by atoms with Crippen LogP contribution in [0.1, 0.15) is 67.5 Å². The Labute approximate surface area is 176 Å². The van der Waals surface area contributed by atoms with Gasteiger partial charge in [0.05, 0.1) is 6.10 Å². The highest BCUT2D eigenvalue weighted by Gasteiger charge is 2.54. The van der Waals surface area contributed by atoms with Crippen molar-refractivity contribution in [2.24, 2.45) is 0 Å². The van der Waals surface area contributed by atoms with Gasteiger partial charge in [-0.15, -0.1) is 0 Å². The van der Waals surface area contributed by atoms with Crippen LogP contribution in [0.15, 0.2) is 28.7 Å². The molecule has 3 fully saturated rings. The monoisotopic (exact) mass is 410 g/mol. The number of piperidine rings is 1. The van der Waals surface area contributed by atoms with Crippen molar-refractivity contribution in [3.8, 4) is 0 Å². The molecule has 1 saturated carbocycles. The van der Waals surface area contributed by atoms with Crippen molar-refractivity contribution >= 4 is 22.8 Å². The number of aliphatic hydroxyl groups is 1. The summed E-state index contributed by atoms with van der Waals surface area (Å²) in [6.45, 7) is 3.33. The summed E-state index contributed by atoms with van der Waals surface area (Å²) >= 11 is 0. The van der Waals surface area contributed by atoms with Crippen LogP contribution in [-0.4, -0.2) is 57.5 Å². The van der Waals surface area contributed by atoms with Crippen molar-refractivity contribution in [1.29, 1.82) is 0 Å². The molecule has 6 nitrogen and oxygen atoms in total. The average molecular weight is 411 g/mol. The number of furan rings is 1. The van der Waals surface area contributed by atoms with Gasteiger partial charge in [0.2, 0.25) is 5.91 Å². The Kier molecular flexibility index (Phi) is 4.85. The van der Waals surface area contributed by atoms with E-state index in [2.05, 4.69) is 0 Å². The molecule has 160 valence electrons. The third-order valence-electron chi connectivity index (χ3n) is 7.44. The fourth-order valence-corrected chi connectivity index (χ4v) is 5.84. The van der Waals surface area contributed by atoms with Crippen LogP contribution in [0, 0.1) is 6.92 Å². The molecular weight excluding hydrogens is 380 g/mol. The zero-order valence-electron chi connectivity index (χ0n) is 17.6. The van der Waals surface area contributed by atoms with Crippen LogP contribution < -0.4 is 0 Å². The summed E-state index contributed by atoms with van der Waals surface area (Å²) in [4.78, 5) is 31.1. The highest BCUT2D eigenvalue weighted by atomic mass is 16.3. The molecule has 1 aromatic heterocycles. The van der Waals surface area contributed by atoms with Crippen molar-refractivity contribution in [2.75, 3.05) is 13.1 Å². The molecule has 2 saturated heterocycles. The van der Waals surface area contributed by atoms with Crippen LogP contribution >= 0.6 is 0 Å². The predicted octanol–water partition coefficient (Wildman–Crippen LogP) is 3.64. The van der Waals surface area contributed by atoms with Gasteiger partial charge in [-0.1, -0.05) is 18.2 Å². The minimum atomic E-state index is -0.737. The Bertz CT molecular complexity index is 975. The number of hydrogen-bond donors (Lipinski definition) is 1. The first-order valence-electron chi connectivity index (χ1n) is 11.3. The Morgan fingerprint density at radius 3 is 2.60 bits per heavy atom. The van der Waals surface area contributed by atoms with E-state index in [4.69, 9.17) is 4.42 Å². The van der Waals surface area contributed by atoms with E-state index in [1.54, 1.807) is 4.90 Å². The molecule has 2 amide bonds. The first-order valence-corrected chi connectivity index (χ1v) is 11.3. The molecule has 6 heteroatoms. The smallest absolute Gasteiger partial charge is 0.290 e. The van der Waals surface area contributed by atoms with Crippen molar-refractivity contribution in [1.82, 2.24) is 9.80 Å². The van der Waals surface area contributed by atoms with Gasteiger partial charge in [-0.2, -0.15) is 0 Å². The molecule has 1 unspecified atom stereocenters. The summed E-state index contributed by atoms with van der Waals surface area (Å²) in [6.07, 6.45) is 6.16. The summed E-state index contributed by atoms with van der Waals surface area (Å²) in [5, 5.41) is 10.8. The lowest BCUT2D eigenvalue weighted by Gasteiger charge is -2.47. The van der Waals surface area contributed by atoms with E-state index in [9.17, 15) is 14.7 Å². The van der Waals surface area contributed by atoms with Gasteiger partial charge >= 0.3 is 0 Å². The van der Waals surface area contributed by atoms with Gasteiger partial charge in [0.15, 0.2) is 5.76 Å². The summed E-state index contributed by atoms with van der Waals surface area (Å²) in [6, 6.07) is 7.88. The van der Waals surface area contributed by atoms with Crippen LogP contribution in [-0.2, 0) is 4.79 Å². The lowest BCUT2D eigenvalue weighted by Crippen LogP contribution is -2.63. The molecule has 5 rings (SSSR count). The quantitative estimate of drug-likeness (QED) is 0.820. The number of aryl methyl sites for hydroxylation is 1. The maximum atomic E-state index is 13.7. The Hall–Kier alpha value is -2.34. The Morgan fingerprint density at radius 2 is 1.87 bits per heavy atom. The topological polar surface area (TPSA) is 74.0 Å². The number of para-hydroxylation sites is 1. The molecule has 1 spiro atoms. The van der Waals surface area contributed by atoms with E-state index in [1.807, 2.05) is 36.1 Å². The minimum absolute atomic E-state index is 0.105. The second-order valence-corrected chi connectivity index (χ2v) is 9.26. The summed E-state index contributed by atoms with van der Waals surface area (Å²) in [5.74, 6) is 0.261. The number of rotatable bonds is 2. The lowest BCUT2D eigenvalue weighted by molar-refractivity contribution is -0.149. The third-order valence-corrected chi connectivity index (χ3v) is 7.44. The summed E-state index contributed by atoms with van der Waals surface area (Å²) in [5.41, 5.74) is 1.01. The first-order chi connectivity index (χ1) is 14.5. The number of amides is 2. The van der Waals surface area contributed by atoms with E-state index >= 15 is 0 Å². The highest BCUT2D eigenvalue weighted by molar-refractivity contribution is 6.01. The molecule has 1 aromatic carbocycles. The Balaban J connectivity index is 1.43. The van der Waals surface area contributed by atoms with Crippen molar-refractivity contribution < 1.29 is 19.1 Å². The number of hydrogen-bond acceptors (Lipinski definition) is 4. The number of aliphatic hydroxyl groups excluding tert-OH is 1. The van der Waals surface area contributed by atoms with Gasteiger partial charge in [-0.3, -0.25) is 9.59 Å². The fourth-order valence-electron chi connectivity index (χ4n) is 5.84. The first kappa shape index (κ1) is 19.6. The number of fused-ring (bicyclic) bond motifs is 1. The maximum absolute atomic E-state index is 13.7. The average Bonchev–Trinajstić information content (AvgIpc) is 3.36. The van der Waals surface area contributed by atoms with E-state index in [-0.39, 0.29) is 24.0 Å². The van der Waals surface area contributed by atoms with E-state index in [1.165, 1.54) is 0 Å². The number of nitrogens with zero attached hydrogens (tertiary/aromatic N) is 2. The standard InChI is InChI=1S/C24H30N2O4/c1-16-5-2-6-17-15-20(30-21(16)17)22(28)26-14-4-12-24(26)11-3-13-25(23(24)29)18-7-9-19(27)10-8-18/h2,5-6,15,18-19,27H,3-4,7-14H2,1H3. The van der Waals surface area contributed by atoms with Crippen molar-refractivity contribution in [3.05, 3.63) is 35.6 Å². The van der Waals surface area contributed by atoms with Crippen LogP contribution in [0.3, 0.4) is 0 Å². The SMILES string of the molecule is Cc1cccc2cc(C(=O)N3CCCC34CCCN(C3CCC(O)CC3)C4=O)oc12. The predicted molar refractivity (Wildman–Crippen MR) is 113 cm³/mol. The van der Waals surface area contributed by atoms with Crippen molar-refractivity contribution in [2.45, 2.75) is 76.0 Å². The van der Waals surface area contributed by atoms with Gasteiger partial charge in [0.25, 0.3) is 5.91 Å². The largest absolute Gasteiger partial charge is 0.451 e. The molecule has 3 heterocycles. The molecule has 0 radical (unpaired) electrons. The third kappa shape index (κ3) is 3.04. The lowest BCUT2D eigenvalue weighted by atomic mass is 9.82. The van der Waals surface area contributed by atoms with Crippen LogP contribution in [0.5, 0.6) is 0 Å². The Morgan fingerprint density at radius 1 is 1.13 bits per heavy atom. The van der Waals surface area contributed by atoms with Crippen LogP contribution in [0.2, 0.25) is 0 Å². The molecule has 3 aliphatic rings. The van der Waals surface area contributed by atoms with E-state index in [0.29, 0.717) is 12.3 Å². The minimum Gasteiger partial charge on any atom is -0.451 e.